The first-order valence-corrected chi connectivity index (χ1v) is 7.95. The van der Waals surface area contributed by atoms with Crippen LogP contribution in [0.4, 0.5) is 11.4 Å². The van der Waals surface area contributed by atoms with E-state index in [1.54, 1.807) is 0 Å². The number of hydrogen-bond donors (Lipinski definition) is 3. The van der Waals surface area contributed by atoms with E-state index in [-0.39, 0.29) is 22.1 Å². The molecule has 2 rings (SSSR count). The number of phenols is 1. The minimum absolute atomic E-state index is 0.112. The van der Waals surface area contributed by atoms with Crippen LogP contribution in [0, 0.1) is 10.1 Å². The molecule has 0 spiro atoms. The number of non-ortho nitro benzene ring substituents is 1. The predicted molar refractivity (Wildman–Crippen MR) is 102 cm³/mol. The number of nitrogens with zero attached hydrogens (tertiary/aromatic N) is 2. The van der Waals surface area contributed by atoms with Crippen LogP contribution in [0.2, 0.25) is 0 Å². The maximum Gasteiger partial charge on any atom is 0.270 e. The third-order valence-electron chi connectivity index (χ3n) is 3.43. The molecule has 0 aromatic heterocycles. The molecule has 3 N–H and O–H groups in total. The Kier molecular flexibility index (Phi) is 6.02. The molecule has 8 heteroatoms. The molecule has 0 atom stereocenters. The molecule has 0 fully saturated rings. The van der Waals surface area contributed by atoms with Gasteiger partial charge in [0.05, 0.1) is 11.1 Å². The fourth-order valence-corrected chi connectivity index (χ4v) is 2.20. The molecule has 25 heavy (non-hydrogen) atoms. The van der Waals surface area contributed by atoms with Gasteiger partial charge < -0.3 is 10.4 Å². The van der Waals surface area contributed by atoms with Crippen LogP contribution in [-0.4, -0.2) is 21.4 Å². The third-order valence-corrected chi connectivity index (χ3v) is 3.62. The Bertz CT molecular complexity index is 804. The average molecular weight is 358 g/mol. The monoisotopic (exact) mass is 358 g/mol. The van der Waals surface area contributed by atoms with Gasteiger partial charge in [0.1, 0.15) is 5.75 Å². The summed E-state index contributed by atoms with van der Waals surface area (Å²) in [5.41, 5.74) is 4.72. The summed E-state index contributed by atoms with van der Waals surface area (Å²) in [5.74, 6) is 0.339. The van der Waals surface area contributed by atoms with Crippen LogP contribution >= 0.6 is 12.2 Å². The average Bonchev–Trinajstić information content (AvgIpc) is 2.56. The van der Waals surface area contributed by atoms with Crippen LogP contribution in [-0.2, 0) is 0 Å². The van der Waals surface area contributed by atoms with Crippen molar-refractivity contribution in [3.63, 3.8) is 0 Å². The van der Waals surface area contributed by atoms with Gasteiger partial charge in [0.15, 0.2) is 5.11 Å². The number of anilines is 1. The molecule has 0 saturated heterocycles. The largest absolute Gasteiger partial charge is 0.507 e. The zero-order valence-electron chi connectivity index (χ0n) is 13.8. The van der Waals surface area contributed by atoms with Crippen LogP contribution < -0.4 is 10.7 Å². The number of hydrogen-bond acceptors (Lipinski definition) is 5. The Morgan fingerprint density at radius 2 is 1.96 bits per heavy atom. The Morgan fingerprint density at radius 1 is 1.28 bits per heavy atom. The lowest BCUT2D eigenvalue weighted by Crippen LogP contribution is -2.23. The minimum Gasteiger partial charge on any atom is -0.507 e. The van der Waals surface area contributed by atoms with Gasteiger partial charge in [-0.2, -0.15) is 5.10 Å². The summed E-state index contributed by atoms with van der Waals surface area (Å²) >= 11 is 5.13. The summed E-state index contributed by atoms with van der Waals surface area (Å²) in [6, 6.07) is 11.5. The first-order chi connectivity index (χ1) is 11.9. The molecule has 0 amide bonds. The number of nitro benzene ring substituents is 1. The van der Waals surface area contributed by atoms with Gasteiger partial charge >= 0.3 is 0 Å². The highest BCUT2D eigenvalue weighted by Gasteiger charge is 2.08. The van der Waals surface area contributed by atoms with Gasteiger partial charge in [-0.15, -0.1) is 0 Å². The Balaban J connectivity index is 1.96. The topological polar surface area (TPSA) is 99.8 Å². The normalized spacial score (nSPS) is 10.8. The second-order valence-corrected chi connectivity index (χ2v) is 6.01. The van der Waals surface area contributed by atoms with Gasteiger partial charge in [-0.05, 0) is 41.9 Å². The smallest absolute Gasteiger partial charge is 0.270 e. The lowest BCUT2D eigenvalue weighted by atomic mass is 10.0. The van der Waals surface area contributed by atoms with Crippen LogP contribution in [0.1, 0.15) is 30.9 Å². The van der Waals surface area contributed by atoms with E-state index in [1.807, 2.05) is 24.3 Å². The van der Waals surface area contributed by atoms with Gasteiger partial charge in [-0.1, -0.05) is 26.0 Å². The first-order valence-electron chi connectivity index (χ1n) is 7.54. The molecule has 0 aliphatic rings. The number of aromatic hydroxyl groups is 1. The van der Waals surface area contributed by atoms with Crippen molar-refractivity contribution in [2.24, 2.45) is 5.10 Å². The highest BCUT2D eigenvalue weighted by Crippen LogP contribution is 2.21. The van der Waals surface area contributed by atoms with Crippen molar-refractivity contribution in [1.29, 1.82) is 0 Å². The van der Waals surface area contributed by atoms with E-state index in [0.29, 0.717) is 5.92 Å². The molecule has 0 saturated carbocycles. The fourth-order valence-electron chi connectivity index (χ4n) is 2.03. The third kappa shape index (κ3) is 5.25. The number of benzene rings is 2. The molecule has 130 valence electrons. The second-order valence-electron chi connectivity index (χ2n) is 5.60. The maximum absolute atomic E-state index is 10.7. The molecular weight excluding hydrogens is 340 g/mol. The van der Waals surface area contributed by atoms with E-state index in [4.69, 9.17) is 12.2 Å². The van der Waals surface area contributed by atoms with E-state index in [0.717, 1.165) is 5.69 Å². The van der Waals surface area contributed by atoms with Crippen molar-refractivity contribution in [1.82, 2.24) is 5.43 Å². The van der Waals surface area contributed by atoms with E-state index < -0.39 is 4.92 Å². The molecule has 0 aliphatic carbocycles. The van der Waals surface area contributed by atoms with Gasteiger partial charge in [0.25, 0.3) is 5.69 Å². The lowest BCUT2D eigenvalue weighted by molar-refractivity contribution is -0.384. The number of nitro groups is 1. The number of nitrogens with one attached hydrogen (secondary N) is 2. The summed E-state index contributed by atoms with van der Waals surface area (Å²) in [5, 5.41) is 27.6. The molecule has 0 heterocycles. The Hall–Kier alpha value is -3.00. The van der Waals surface area contributed by atoms with E-state index in [9.17, 15) is 15.2 Å². The molecular formula is C17H18N4O3S. The van der Waals surface area contributed by atoms with Crippen molar-refractivity contribution >= 4 is 34.9 Å². The fraction of sp³-hybridized carbons (Fsp3) is 0.176. The highest BCUT2D eigenvalue weighted by atomic mass is 32.1. The SMILES string of the molecule is CC(C)c1ccc(NC(=S)N/N=C/c2cc([N+](=O)[O-])ccc2O)cc1. The van der Waals surface area contributed by atoms with Crippen molar-refractivity contribution in [3.8, 4) is 5.75 Å². The van der Waals surface area contributed by atoms with Crippen LogP contribution in [0.25, 0.3) is 0 Å². The molecule has 0 aliphatic heterocycles. The standard InChI is InChI=1S/C17H18N4O3S/c1-11(2)12-3-5-14(6-4-12)19-17(25)20-18-10-13-9-15(21(23)24)7-8-16(13)22/h3-11,22H,1-2H3,(H2,19,20,25)/b18-10+. The number of hydrazone groups is 1. The van der Waals surface area contributed by atoms with Crippen molar-refractivity contribution in [2.75, 3.05) is 5.32 Å². The molecule has 0 radical (unpaired) electrons. The molecule has 0 bridgehead atoms. The van der Waals surface area contributed by atoms with Crippen LogP contribution in [0.15, 0.2) is 47.6 Å². The molecule has 2 aromatic carbocycles. The maximum atomic E-state index is 10.7. The van der Waals surface area contributed by atoms with Crippen molar-refractivity contribution in [2.45, 2.75) is 19.8 Å². The Labute approximate surface area is 150 Å². The van der Waals surface area contributed by atoms with Crippen LogP contribution in [0.3, 0.4) is 0 Å². The van der Waals surface area contributed by atoms with Gasteiger partial charge in [-0.25, -0.2) is 0 Å². The minimum atomic E-state index is -0.544. The van der Waals surface area contributed by atoms with Gasteiger partial charge in [0, 0.05) is 23.4 Å². The summed E-state index contributed by atoms with van der Waals surface area (Å²) in [6.07, 6.45) is 1.26. The van der Waals surface area contributed by atoms with Crippen molar-refractivity contribution in [3.05, 3.63) is 63.7 Å². The van der Waals surface area contributed by atoms with Gasteiger partial charge in [0.2, 0.25) is 0 Å². The first kappa shape index (κ1) is 18.3. The van der Waals surface area contributed by atoms with Gasteiger partial charge in [-0.3, -0.25) is 15.5 Å². The molecule has 2 aromatic rings. The van der Waals surface area contributed by atoms with E-state index in [2.05, 4.69) is 29.7 Å². The summed E-state index contributed by atoms with van der Waals surface area (Å²) in [6.45, 7) is 4.24. The summed E-state index contributed by atoms with van der Waals surface area (Å²) in [7, 11) is 0. The number of rotatable bonds is 5. The second kappa shape index (κ2) is 8.20. The summed E-state index contributed by atoms with van der Waals surface area (Å²) < 4.78 is 0. The quantitative estimate of drug-likeness (QED) is 0.326. The molecule has 7 nitrogen and oxygen atoms in total. The zero-order chi connectivity index (χ0) is 18.4. The van der Waals surface area contributed by atoms with E-state index in [1.165, 1.54) is 30.0 Å². The predicted octanol–water partition coefficient (Wildman–Crippen LogP) is 3.74. The summed E-state index contributed by atoms with van der Waals surface area (Å²) in [4.78, 5) is 10.2. The highest BCUT2D eigenvalue weighted by molar-refractivity contribution is 7.80. The number of phenolic OH excluding ortho intramolecular Hbond substituents is 1. The van der Waals surface area contributed by atoms with E-state index >= 15 is 0 Å². The molecule has 0 unspecified atom stereocenters. The van der Waals surface area contributed by atoms with Crippen molar-refractivity contribution < 1.29 is 10.0 Å². The number of thiocarbonyl (C=S) groups is 1. The van der Waals surface area contributed by atoms with Crippen LogP contribution in [0.5, 0.6) is 5.75 Å². The Morgan fingerprint density at radius 3 is 2.56 bits per heavy atom. The lowest BCUT2D eigenvalue weighted by Gasteiger charge is -2.09. The zero-order valence-corrected chi connectivity index (χ0v) is 14.6.